The van der Waals surface area contributed by atoms with Crippen molar-refractivity contribution in [2.24, 2.45) is 5.40 Å². The number of nitrogens with two attached hydrogens (primary N) is 1. The number of hydrogen-bond acceptors (Lipinski definition) is 5. The van der Waals surface area contributed by atoms with E-state index >= 15 is 0 Å². The molecule has 2 aromatic rings. The summed E-state index contributed by atoms with van der Waals surface area (Å²) in [6, 6.07) is 15.4. The molecule has 0 fully saturated rings. The van der Waals surface area contributed by atoms with Crippen molar-refractivity contribution in [3.8, 4) is 0 Å². The van der Waals surface area contributed by atoms with E-state index in [9.17, 15) is 9.59 Å². The van der Waals surface area contributed by atoms with Gasteiger partial charge in [0.1, 0.15) is 0 Å². The van der Waals surface area contributed by atoms with E-state index in [0.717, 1.165) is 62.1 Å². The van der Waals surface area contributed by atoms with Gasteiger partial charge in [-0.25, -0.2) is 9.59 Å². The zero-order chi connectivity index (χ0) is 26.5. The van der Waals surface area contributed by atoms with Crippen LogP contribution in [0.2, 0.25) is 6.04 Å². The fourth-order valence-corrected chi connectivity index (χ4v) is 4.87. The first-order chi connectivity index (χ1) is 16.8. The van der Waals surface area contributed by atoms with E-state index in [0.29, 0.717) is 11.1 Å². The van der Waals surface area contributed by atoms with Crippen molar-refractivity contribution < 1.29 is 28.0 Å². The molecule has 190 valence electrons. The Balaban J connectivity index is 0.000000506. The molecular weight excluding hydrogens is 495 g/mol. The zero-order valence-electron chi connectivity index (χ0n) is 20.9. The fraction of sp³-hybridized carbons (Fsp3) is 0.440. The summed E-state index contributed by atoms with van der Waals surface area (Å²) in [5, 5.41) is 23.3. The molecule has 0 amide bonds. The van der Waals surface area contributed by atoms with Crippen LogP contribution in [0.3, 0.4) is 0 Å². The number of unbranched alkanes of at least 4 members (excludes halogenated alkanes) is 2. The van der Waals surface area contributed by atoms with Crippen molar-refractivity contribution in [3.05, 3.63) is 70.8 Å². The summed E-state index contributed by atoms with van der Waals surface area (Å²) in [7, 11) is 1.81. The van der Waals surface area contributed by atoms with Gasteiger partial charge < -0.3 is 23.8 Å². The molecule has 0 atom stereocenters. The van der Waals surface area contributed by atoms with Gasteiger partial charge >= 0.3 is 21.9 Å². The molecule has 7 nitrogen and oxygen atoms in total. The Hall–Kier alpha value is -2.09. The zero-order valence-corrected chi connectivity index (χ0v) is 23.9. The van der Waals surface area contributed by atoms with E-state index in [1.165, 1.54) is 0 Å². The Morgan fingerprint density at radius 2 is 1.29 bits per heavy atom. The van der Waals surface area contributed by atoms with E-state index in [1.807, 2.05) is 24.3 Å². The molecule has 0 aliphatic heterocycles. The lowest BCUT2D eigenvalue weighted by atomic mass is 10.0. The van der Waals surface area contributed by atoms with Crippen LogP contribution in [-0.2, 0) is 21.1 Å². The molecule has 0 aliphatic carbocycles. The van der Waals surface area contributed by atoms with E-state index in [4.69, 9.17) is 19.7 Å². The van der Waals surface area contributed by atoms with Gasteiger partial charge in [-0.15, -0.1) is 0 Å². The summed E-state index contributed by atoms with van der Waals surface area (Å²) < 4.78 is 9.58. The maximum Gasteiger partial charge on any atom is 0.410 e. The number of carboxylic acids is 2. The van der Waals surface area contributed by atoms with Crippen LogP contribution in [0.4, 0.5) is 0 Å². The first-order valence-electron chi connectivity index (χ1n) is 11.8. The van der Waals surface area contributed by atoms with Gasteiger partial charge in [-0.3, -0.25) is 0 Å². The number of benzene rings is 2. The van der Waals surface area contributed by atoms with Gasteiger partial charge in [-0.2, -0.15) is 0 Å². The molecule has 2 rings (SSSR count). The van der Waals surface area contributed by atoms with Crippen LogP contribution in [0.25, 0.3) is 0 Å². The predicted octanol–water partition coefficient (Wildman–Crippen LogP) is 4.95. The van der Waals surface area contributed by atoms with Crippen molar-refractivity contribution in [1.29, 1.82) is 0 Å². The summed E-state index contributed by atoms with van der Waals surface area (Å²) >= 11 is 0. The largest absolute Gasteiger partial charge is 0.478 e. The second-order valence-corrected chi connectivity index (χ2v) is 10.9. The lowest BCUT2D eigenvalue weighted by Crippen LogP contribution is -2.31. The highest BCUT2D eigenvalue weighted by Crippen LogP contribution is 2.12. The SMILES string of the molecule is CCCCc1ccccc1C(=O)O.CCCCc1ccccc1C(=O)O.CCC[Si](N)O[Si]O[Si]. The van der Waals surface area contributed by atoms with E-state index in [2.05, 4.69) is 35.4 Å². The van der Waals surface area contributed by atoms with Crippen LogP contribution in [0.1, 0.15) is 84.7 Å². The minimum atomic E-state index is -1.05. The van der Waals surface area contributed by atoms with Gasteiger partial charge in [0.15, 0.2) is 0 Å². The Bertz CT molecular complexity index is 792. The Labute approximate surface area is 217 Å². The number of hydrogen-bond donors (Lipinski definition) is 3. The van der Waals surface area contributed by atoms with E-state index < -0.39 is 21.1 Å². The Morgan fingerprint density at radius 1 is 0.857 bits per heavy atom. The van der Waals surface area contributed by atoms with Crippen molar-refractivity contribution in [3.63, 3.8) is 0 Å². The van der Waals surface area contributed by atoms with Crippen LogP contribution < -0.4 is 5.40 Å². The van der Waals surface area contributed by atoms with Gasteiger partial charge in [0.05, 0.1) is 11.1 Å². The van der Waals surface area contributed by atoms with Crippen molar-refractivity contribution >= 4 is 41.6 Å². The molecule has 0 spiro atoms. The van der Waals surface area contributed by atoms with Crippen molar-refractivity contribution in [1.82, 2.24) is 0 Å². The summed E-state index contributed by atoms with van der Waals surface area (Å²) in [5.74, 6) is -1.65. The predicted molar refractivity (Wildman–Crippen MR) is 143 cm³/mol. The number of aryl methyl sites for hydroxylation is 2. The monoisotopic (exact) mass is 531 g/mol. The molecule has 0 heterocycles. The molecule has 10 heteroatoms. The van der Waals surface area contributed by atoms with Crippen LogP contribution in [0.5, 0.6) is 0 Å². The van der Waals surface area contributed by atoms with Crippen LogP contribution in [-0.4, -0.2) is 51.8 Å². The third-order valence-corrected chi connectivity index (χ3v) is 7.51. The molecule has 0 saturated heterocycles. The van der Waals surface area contributed by atoms with Gasteiger partial charge in [0, 0.05) is 0 Å². The van der Waals surface area contributed by atoms with E-state index in [-0.39, 0.29) is 10.0 Å². The Morgan fingerprint density at radius 3 is 1.63 bits per heavy atom. The summed E-state index contributed by atoms with van der Waals surface area (Å²) in [5.41, 5.74) is 2.76. The number of rotatable bonds is 13. The second kappa shape index (κ2) is 21.2. The van der Waals surface area contributed by atoms with Gasteiger partial charge in [-0.1, -0.05) is 76.4 Å². The normalized spacial score (nSPS) is 10.1. The van der Waals surface area contributed by atoms with Gasteiger partial charge in [0.25, 0.3) is 9.20 Å². The van der Waals surface area contributed by atoms with Gasteiger partial charge in [0.2, 0.25) is 10.5 Å². The third-order valence-electron chi connectivity index (χ3n) is 4.81. The smallest absolute Gasteiger partial charge is 0.410 e. The van der Waals surface area contributed by atoms with E-state index in [1.54, 1.807) is 24.3 Å². The van der Waals surface area contributed by atoms with Gasteiger partial charge in [-0.05, 0) is 55.0 Å². The maximum atomic E-state index is 10.8. The Kier molecular flexibility index (Phi) is 19.9. The molecule has 0 saturated carbocycles. The number of aromatic carboxylic acids is 2. The average Bonchev–Trinajstić information content (AvgIpc) is 2.86. The van der Waals surface area contributed by atoms with Crippen LogP contribution in [0, 0.1) is 0 Å². The highest BCUT2D eigenvalue weighted by atomic mass is 28.4. The summed E-state index contributed by atoms with van der Waals surface area (Å²) in [6.45, 7) is 6.28. The maximum absolute atomic E-state index is 10.8. The van der Waals surface area contributed by atoms with Crippen molar-refractivity contribution in [2.45, 2.75) is 71.8 Å². The molecule has 35 heavy (non-hydrogen) atoms. The lowest BCUT2D eigenvalue weighted by Gasteiger charge is -2.04. The topological polar surface area (TPSA) is 119 Å². The standard InChI is InChI=1S/2C11H14O2.C3H9NO2Si3/c2*1-2-3-6-9-7-4-5-8-10(9)11(12)13;1-2-3-9(4)6-8-5-7/h2*4-5,7-8H,2-3,6H2,1H3,(H,12,13);2-4H2,1H3. The molecule has 0 aromatic heterocycles. The minimum Gasteiger partial charge on any atom is -0.478 e. The van der Waals surface area contributed by atoms with Crippen LogP contribution >= 0.6 is 0 Å². The summed E-state index contributed by atoms with van der Waals surface area (Å²) in [4.78, 5) is 21.6. The number of carboxylic acid groups (broad SMARTS) is 2. The lowest BCUT2D eigenvalue weighted by molar-refractivity contribution is 0.0684. The third kappa shape index (κ3) is 15.5. The van der Waals surface area contributed by atoms with Crippen molar-refractivity contribution in [2.75, 3.05) is 0 Å². The molecular formula is C25H37NO6Si3. The average molecular weight is 532 g/mol. The van der Waals surface area contributed by atoms with Crippen LogP contribution in [0.15, 0.2) is 48.5 Å². The molecule has 0 unspecified atom stereocenters. The number of carbonyl (C=O) groups is 2. The molecule has 4 N–H and O–H groups in total. The second-order valence-electron chi connectivity index (χ2n) is 7.64. The highest BCUT2D eigenvalue weighted by Gasteiger charge is 2.08. The quantitative estimate of drug-likeness (QED) is 0.313. The highest BCUT2D eigenvalue weighted by molar-refractivity contribution is 6.54. The molecule has 0 aliphatic rings. The molecule has 2 aromatic carbocycles. The summed E-state index contributed by atoms with van der Waals surface area (Å²) in [6.07, 6.45) is 7.07. The first kappa shape index (κ1) is 32.9. The molecule has 0 bridgehead atoms. The fourth-order valence-electron chi connectivity index (χ4n) is 3.00. The first-order valence-corrected chi connectivity index (χ1v) is 14.7. The minimum absolute atomic E-state index is 0.0389. The molecule has 6 radical (unpaired) electrons.